The van der Waals surface area contributed by atoms with E-state index in [1.165, 1.54) is 5.56 Å². The Labute approximate surface area is 117 Å². The highest BCUT2D eigenvalue weighted by Crippen LogP contribution is 2.25. The topological polar surface area (TPSA) is 37.4 Å². The summed E-state index contributed by atoms with van der Waals surface area (Å²) in [6.45, 7) is 5.89. The van der Waals surface area contributed by atoms with Crippen molar-refractivity contribution < 1.29 is 4.74 Å². The minimum absolute atomic E-state index is 0.336. The van der Waals surface area contributed by atoms with Gasteiger partial charge >= 0.3 is 0 Å². The lowest BCUT2D eigenvalue weighted by Gasteiger charge is -2.21. The molecule has 0 aliphatic carbocycles. The largest absolute Gasteiger partial charge is 0.380 e. The van der Waals surface area contributed by atoms with Crippen LogP contribution in [0.1, 0.15) is 18.9 Å². The molecular weight excluding hydrogens is 294 g/mol. The molecule has 0 aromatic carbocycles. The number of nitrogens with one attached hydrogen (secondary N) is 1. The molecule has 0 radical (unpaired) electrons. The predicted molar refractivity (Wildman–Crippen MR) is 76.9 cm³/mol. The molecule has 2 rings (SSSR count). The molecule has 0 bridgehead atoms. The third kappa shape index (κ3) is 3.22. The summed E-state index contributed by atoms with van der Waals surface area (Å²) < 4.78 is 6.44. The van der Waals surface area contributed by atoms with Crippen LogP contribution in [0, 0.1) is 0 Å². The van der Waals surface area contributed by atoms with Gasteiger partial charge in [0.2, 0.25) is 0 Å². The first-order valence-corrected chi connectivity index (χ1v) is 7.16. The third-order valence-corrected chi connectivity index (χ3v) is 3.69. The number of nitrogens with zero attached hydrogens (tertiary/aromatic N) is 2. The number of pyridine rings is 1. The summed E-state index contributed by atoms with van der Waals surface area (Å²) in [5.74, 6) is 1.08. The molecule has 1 aromatic heterocycles. The van der Waals surface area contributed by atoms with E-state index in [0.29, 0.717) is 6.10 Å². The highest BCUT2D eigenvalue weighted by Gasteiger charge is 2.24. The van der Waals surface area contributed by atoms with Crippen molar-refractivity contribution in [2.45, 2.75) is 26.0 Å². The average Bonchev–Trinajstić information content (AvgIpc) is 2.85. The molecule has 1 saturated heterocycles. The summed E-state index contributed by atoms with van der Waals surface area (Å²) in [4.78, 5) is 6.88. The summed E-state index contributed by atoms with van der Waals surface area (Å²) in [5.41, 5.74) is 1.24. The van der Waals surface area contributed by atoms with Crippen LogP contribution in [0.3, 0.4) is 0 Å². The number of hydrogen-bond donors (Lipinski definition) is 1. The van der Waals surface area contributed by atoms with Gasteiger partial charge in [0.1, 0.15) is 5.82 Å². The number of methoxy groups -OCH3 is 1. The van der Waals surface area contributed by atoms with Gasteiger partial charge in [-0.1, -0.05) is 6.92 Å². The van der Waals surface area contributed by atoms with Gasteiger partial charge in [-0.15, -0.1) is 0 Å². The van der Waals surface area contributed by atoms with Crippen LogP contribution >= 0.6 is 15.9 Å². The Morgan fingerprint density at radius 1 is 1.61 bits per heavy atom. The van der Waals surface area contributed by atoms with Gasteiger partial charge in [-0.2, -0.15) is 0 Å². The fourth-order valence-electron chi connectivity index (χ4n) is 2.26. The van der Waals surface area contributed by atoms with Crippen molar-refractivity contribution in [2.75, 3.05) is 31.6 Å². The summed E-state index contributed by atoms with van der Waals surface area (Å²) in [5, 5.41) is 3.36. The van der Waals surface area contributed by atoms with Crippen molar-refractivity contribution in [2.24, 2.45) is 0 Å². The molecule has 0 spiro atoms. The zero-order chi connectivity index (χ0) is 13.0. The monoisotopic (exact) mass is 313 g/mol. The fourth-order valence-corrected chi connectivity index (χ4v) is 2.64. The maximum Gasteiger partial charge on any atom is 0.133 e. The Morgan fingerprint density at radius 2 is 2.44 bits per heavy atom. The molecule has 1 aromatic rings. The van der Waals surface area contributed by atoms with Crippen LogP contribution in [-0.4, -0.2) is 37.8 Å². The van der Waals surface area contributed by atoms with Gasteiger partial charge in [0.05, 0.1) is 6.10 Å². The first kappa shape index (κ1) is 13.8. The molecule has 18 heavy (non-hydrogen) atoms. The molecule has 0 amide bonds. The Morgan fingerprint density at radius 3 is 3.11 bits per heavy atom. The Balaban J connectivity index is 2.16. The Bertz CT molecular complexity index is 400. The van der Waals surface area contributed by atoms with Gasteiger partial charge in [-0.05, 0) is 35.0 Å². The van der Waals surface area contributed by atoms with Gasteiger partial charge in [-0.25, -0.2) is 4.98 Å². The van der Waals surface area contributed by atoms with E-state index in [0.717, 1.165) is 42.9 Å². The lowest BCUT2D eigenvalue weighted by Crippen LogP contribution is -2.25. The van der Waals surface area contributed by atoms with E-state index in [9.17, 15) is 0 Å². The van der Waals surface area contributed by atoms with Gasteiger partial charge < -0.3 is 15.0 Å². The van der Waals surface area contributed by atoms with Crippen molar-refractivity contribution in [3.63, 3.8) is 0 Å². The van der Waals surface area contributed by atoms with Gasteiger partial charge in [0, 0.05) is 43.0 Å². The van der Waals surface area contributed by atoms with Gasteiger partial charge in [0.15, 0.2) is 0 Å². The molecule has 1 aliphatic heterocycles. The summed E-state index contributed by atoms with van der Waals surface area (Å²) in [6.07, 6.45) is 3.28. The minimum Gasteiger partial charge on any atom is -0.380 e. The molecule has 4 nitrogen and oxygen atoms in total. The van der Waals surface area contributed by atoms with Crippen LogP contribution in [0.15, 0.2) is 16.7 Å². The molecule has 1 aliphatic rings. The molecule has 5 heteroatoms. The van der Waals surface area contributed by atoms with Crippen molar-refractivity contribution in [1.82, 2.24) is 10.3 Å². The van der Waals surface area contributed by atoms with E-state index in [1.807, 2.05) is 6.20 Å². The smallest absolute Gasteiger partial charge is 0.133 e. The zero-order valence-corrected chi connectivity index (χ0v) is 12.5. The second-order valence-electron chi connectivity index (χ2n) is 4.51. The first-order chi connectivity index (χ1) is 8.74. The zero-order valence-electron chi connectivity index (χ0n) is 10.9. The third-order valence-electron chi connectivity index (χ3n) is 3.25. The number of halogens is 1. The first-order valence-electron chi connectivity index (χ1n) is 6.37. The fraction of sp³-hybridized carbons (Fsp3) is 0.615. The molecule has 1 N–H and O–H groups in total. The van der Waals surface area contributed by atoms with Crippen LogP contribution in [0.5, 0.6) is 0 Å². The molecule has 100 valence electrons. The summed E-state index contributed by atoms with van der Waals surface area (Å²) >= 11 is 3.49. The van der Waals surface area contributed by atoms with E-state index in [1.54, 1.807) is 7.11 Å². The predicted octanol–water partition coefficient (Wildman–Crippen LogP) is 2.18. The Hall–Kier alpha value is -0.650. The highest BCUT2D eigenvalue weighted by molar-refractivity contribution is 9.10. The highest BCUT2D eigenvalue weighted by atomic mass is 79.9. The molecule has 1 unspecified atom stereocenters. The van der Waals surface area contributed by atoms with Crippen LogP contribution in [-0.2, 0) is 11.3 Å². The van der Waals surface area contributed by atoms with E-state index in [-0.39, 0.29) is 0 Å². The summed E-state index contributed by atoms with van der Waals surface area (Å²) in [6, 6.07) is 2.14. The normalized spacial score (nSPS) is 19.5. The lowest BCUT2D eigenvalue weighted by molar-refractivity contribution is 0.121. The number of aromatic nitrogens is 1. The molecular formula is C13H20BrN3O. The number of ether oxygens (including phenoxy) is 1. The van der Waals surface area contributed by atoms with E-state index in [2.05, 4.69) is 44.1 Å². The second-order valence-corrected chi connectivity index (χ2v) is 5.42. The minimum atomic E-state index is 0.336. The van der Waals surface area contributed by atoms with Crippen molar-refractivity contribution in [1.29, 1.82) is 0 Å². The maximum atomic E-state index is 5.41. The standard InChI is InChI=1S/C13H20BrN3O/c1-3-15-7-10-6-11(14)8-16-13(10)17-5-4-12(9-17)18-2/h6,8,12,15H,3-5,7,9H2,1-2H3. The van der Waals surface area contributed by atoms with Gasteiger partial charge in [-0.3, -0.25) is 0 Å². The van der Waals surface area contributed by atoms with Crippen LogP contribution in [0.25, 0.3) is 0 Å². The molecule has 2 heterocycles. The van der Waals surface area contributed by atoms with E-state index in [4.69, 9.17) is 4.74 Å². The van der Waals surface area contributed by atoms with Crippen LogP contribution < -0.4 is 10.2 Å². The van der Waals surface area contributed by atoms with Gasteiger partial charge in [0.25, 0.3) is 0 Å². The van der Waals surface area contributed by atoms with E-state index >= 15 is 0 Å². The van der Waals surface area contributed by atoms with Crippen LogP contribution in [0.2, 0.25) is 0 Å². The Kier molecular flexibility index (Phi) is 4.97. The quantitative estimate of drug-likeness (QED) is 0.904. The number of rotatable bonds is 5. The van der Waals surface area contributed by atoms with E-state index < -0.39 is 0 Å². The van der Waals surface area contributed by atoms with Crippen molar-refractivity contribution >= 4 is 21.7 Å². The average molecular weight is 314 g/mol. The van der Waals surface area contributed by atoms with Crippen molar-refractivity contribution in [3.8, 4) is 0 Å². The maximum absolute atomic E-state index is 5.41. The molecule has 1 fully saturated rings. The molecule has 0 saturated carbocycles. The second kappa shape index (κ2) is 6.50. The number of hydrogen-bond acceptors (Lipinski definition) is 4. The SMILES string of the molecule is CCNCc1cc(Br)cnc1N1CCC(OC)C1. The number of anilines is 1. The summed E-state index contributed by atoms with van der Waals surface area (Å²) in [7, 11) is 1.78. The van der Waals surface area contributed by atoms with Crippen molar-refractivity contribution in [3.05, 3.63) is 22.3 Å². The van der Waals surface area contributed by atoms with Crippen LogP contribution in [0.4, 0.5) is 5.82 Å². The molecule has 1 atom stereocenters. The lowest BCUT2D eigenvalue weighted by atomic mass is 10.2.